The molecule has 0 bridgehead atoms. The van der Waals surface area contributed by atoms with Gasteiger partial charge < -0.3 is 5.32 Å². The van der Waals surface area contributed by atoms with Gasteiger partial charge in [0, 0.05) is 17.0 Å². The molecule has 0 aliphatic heterocycles. The van der Waals surface area contributed by atoms with Gasteiger partial charge in [-0.05, 0) is 58.9 Å². The Labute approximate surface area is 175 Å². The molecule has 154 valence electrons. The number of fused-ring (bicyclic) bond motifs is 1. The first-order valence-electron chi connectivity index (χ1n) is 10.2. The Kier molecular flexibility index (Phi) is 6.54. The molecule has 3 atom stereocenters. The second-order valence-corrected chi connectivity index (χ2v) is 10.8. The fraction of sp³-hybridized carbons (Fsp3) is 0.667. The lowest BCUT2D eigenvalue weighted by atomic mass is 9.86. The van der Waals surface area contributed by atoms with E-state index >= 15 is 0 Å². The van der Waals surface area contributed by atoms with E-state index in [1.54, 1.807) is 15.9 Å². The second-order valence-electron chi connectivity index (χ2n) is 8.26. The van der Waals surface area contributed by atoms with Gasteiger partial charge in [-0.1, -0.05) is 31.5 Å². The Morgan fingerprint density at radius 3 is 2.57 bits per heavy atom. The van der Waals surface area contributed by atoms with Crippen LogP contribution in [0.15, 0.2) is 9.95 Å². The number of hydrogen-bond donors (Lipinski definition) is 1. The van der Waals surface area contributed by atoms with Crippen LogP contribution in [0.4, 0.5) is 0 Å². The fourth-order valence-corrected chi connectivity index (χ4v) is 5.99. The molecule has 1 N–H and O–H groups in total. The molecule has 5 nitrogen and oxygen atoms in total. The van der Waals surface area contributed by atoms with E-state index < -0.39 is 0 Å². The number of thiophene rings is 1. The molecule has 2 heterocycles. The van der Waals surface area contributed by atoms with Gasteiger partial charge in [-0.3, -0.25) is 14.2 Å². The van der Waals surface area contributed by atoms with Crippen LogP contribution < -0.4 is 10.9 Å². The lowest BCUT2D eigenvalue weighted by molar-refractivity contribution is -0.121. The van der Waals surface area contributed by atoms with Crippen molar-refractivity contribution in [2.24, 2.45) is 5.92 Å². The van der Waals surface area contributed by atoms with Gasteiger partial charge >= 0.3 is 0 Å². The maximum Gasteiger partial charge on any atom is 0.263 e. The van der Waals surface area contributed by atoms with Crippen molar-refractivity contribution in [2.75, 3.05) is 0 Å². The van der Waals surface area contributed by atoms with E-state index in [9.17, 15) is 9.59 Å². The van der Waals surface area contributed by atoms with Crippen molar-refractivity contribution in [1.29, 1.82) is 0 Å². The van der Waals surface area contributed by atoms with E-state index in [0.29, 0.717) is 16.5 Å². The summed E-state index contributed by atoms with van der Waals surface area (Å²) in [5.74, 6) is 0.558. The van der Waals surface area contributed by atoms with Gasteiger partial charge in [0.15, 0.2) is 5.16 Å². The van der Waals surface area contributed by atoms with E-state index in [0.717, 1.165) is 21.7 Å². The van der Waals surface area contributed by atoms with Crippen LogP contribution in [0.3, 0.4) is 0 Å². The Morgan fingerprint density at radius 1 is 1.25 bits per heavy atom. The predicted molar refractivity (Wildman–Crippen MR) is 119 cm³/mol. The lowest BCUT2D eigenvalue weighted by Gasteiger charge is -2.30. The Morgan fingerprint density at radius 2 is 1.93 bits per heavy atom. The summed E-state index contributed by atoms with van der Waals surface area (Å²) < 4.78 is 1.74. The molecule has 0 spiro atoms. The monoisotopic (exact) mass is 421 g/mol. The minimum absolute atomic E-state index is 0.00198. The Bertz CT molecular complexity index is 932. The number of hydrogen-bond acceptors (Lipinski definition) is 5. The van der Waals surface area contributed by atoms with Gasteiger partial charge in [-0.2, -0.15) is 0 Å². The van der Waals surface area contributed by atoms with Crippen molar-refractivity contribution in [1.82, 2.24) is 14.9 Å². The number of carbonyl (C=O) groups is 1. The fourth-order valence-electron chi connectivity index (χ4n) is 3.87. The molecule has 0 saturated heterocycles. The van der Waals surface area contributed by atoms with Crippen LogP contribution in [0, 0.1) is 19.8 Å². The Balaban J connectivity index is 1.87. The zero-order valence-corrected chi connectivity index (χ0v) is 19.3. The smallest absolute Gasteiger partial charge is 0.263 e. The normalized spacial score (nSPS) is 21.2. The Hall–Kier alpha value is -1.34. The number of rotatable bonds is 5. The van der Waals surface area contributed by atoms with Crippen LogP contribution >= 0.6 is 23.1 Å². The minimum atomic E-state index is -0.300. The van der Waals surface area contributed by atoms with E-state index in [1.165, 1.54) is 31.0 Å². The van der Waals surface area contributed by atoms with Crippen LogP contribution in [-0.2, 0) is 4.79 Å². The highest BCUT2D eigenvalue weighted by molar-refractivity contribution is 8.00. The van der Waals surface area contributed by atoms with E-state index in [-0.39, 0.29) is 28.8 Å². The molecule has 1 aliphatic rings. The van der Waals surface area contributed by atoms with Gasteiger partial charge in [-0.25, -0.2) is 4.98 Å². The summed E-state index contributed by atoms with van der Waals surface area (Å²) in [7, 11) is 0. The summed E-state index contributed by atoms with van der Waals surface area (Å²) in [6.45, 7) is 12.1. The standard InChI is InChI=1S/C21H31N3O2S2/c1-11(2)24-20(26)17-13(4)14(5)27-19(17)23-21(24)28-15(6)18(25)22-16-10-8-7-9-12(16)3/h11-12,15-16H,7-10H2,1-6H3,(H,22,25)/t12-,15-,16+/m0/s1. The largest absolute Gasteiger partial charge is 0.352 e. The van der Waals surface area contributed by atoms with Crippen molar-refractivity contribution in [3.63, 3.8) is 0 Å². The topological polar surface area (TPSA) is 64.0 Å². The van der Waals surface area contributed by atoms with Gasteiger partial charge in [-0.15, -0.1) is 11.3 Å². The number of aryl methyl sites for hydroxylation is 2. The summed E-state index contributed by atoms with van der Waals surface area (Å²) in [5, 5.41) is 4.28. The minimum Gasteiger partial charge on any atom is -0.352 e. The molecule has 2 aromatic rings. The van der Waals surface area contributed by atoms with Gasteiger partial charge in [0.1, 0.15) is 4.83 Å². The molecule has 1 amide bonds. The molecule has 0 unspecified atom stereocenters. The third-order valence-corrected chi connectivity index (χ3v) is 7.98. The van der Waals surface area contributed by atoms with Gasteiger partial charge in [0.2, 0.25) is 5.91 Å². The molecule has 1 fully saturated rings. The van der Waals surface area contributed by atoms with E-state index in [4.69, 9.17) is 4.98 Å². The summed E-state index contributed by atoms with van der Waals surface area (Å²) in [4.78, 5) is 32.6. The molecular weight excluding hydrogens is 390 g/mol. The quantitative estimate of drug-likeness (QED) is 0.555. The number of nitrogens with zero attached hydrogens (tertiary/aromatic N) is 2. The number of amides is 1. The number of nitrogens with one attached hydrogen (secondary N) is 1. The van der Waals surface area contributed by atoms with Crippen LogP contribution in [0.1, 0.15) is 69.9 Å². The third kappa shape index (κ3) is 4.15. The molecule has 2 aromatic heterocycles. The predicted octanol–water partition coefficient (Wildman–Crippen LogP) is 4.83. The van der Waals surface area contributed by atoms with Crippen molar-refractivity contribution < 1.29 is 4.79 Å². The number of aromatic nitrogens is 2. The second kappa shape index (κ2) is 8.57. The van der Waals surface area contributed by atoms with Crippen LogP contribution in [0.25, 0.3) is 10.2 Å². The third-order valence-electron chi connectivity index (χ3n) is 5.81. The average Bonchev–Trinajstić information content (AvgIpc) is 2.90. The van der Waals surface area contributed by atoms with Crippen molar-refractivity contribution in [3.8, 4) is 0 Å². The molecule has 28 heavy (non-hydrogen) atoms. The van der Waals surface area contributed by atoms with Crippen molar-refractivity contribution in [3.05, 3.63) is 20.8 Å². The molecular formula is C21H31N3O2S2. The maximum atomic E-state index is 13.2. The van der Waals surface area contributed by atoms with Crippen LogP contribution in [-0.4, -0.2) is 26.8 Å². The zero-order chi connectivity index (χ0) is 20.6. The molecule has 1 saturated carbocycles. The van der Waals surface area contributed by atoms with E-state index in [2.05, 4.69) is 12.2 Å². The molecule has 7 heteroatoms. The van der Waals surface area contributed by atoms with Gasteiger partial charge in [0.05, 0.1) is 10.6 Å². The van der Waals surface area contributed by atoms with Gasteiger partial charge in [0.25, 0.3) is 5.56 Å². The van der Waals surface area contributed by atoms with Crippen LogP contribution in [0.5, 0.6) is 0 Å². The highest BCUT2D eigenvalue weighted by Crippen LogP contribution is 2.31. The van der Waals surface area contributed by atoms with Crippen LogP contribution in [0.2, 0.25) is 0 Å². The first-order valence-corrected chi connectivity index (χ1v) is 11.9. The lowest BCUT2D eigenvalue weighted by Crippen LogP contribution is -2.44. The number of thioether (sulfide) groups is 1. The molecule has 0 aromatic carbocycles. The maximum absolute atomic E-state index is 13.2. The first kappa shape index (κ1) is 21.4. The van der Waals surface area contributed by atoms with Crippen molar-refractivity contribution in [2.45, 2.75) is 89.7 Å². The summed E-state index contributed by atoms with van der Waals surface area (Å²) >= 11 is 2.94. The summed E-state index contributed by atoms with van der Waals surface area (Å²) in [5.41, 5.74) is 1.01. The molecule has 1 aliphatic carbocycles. The highest BCUT2D eigenvalue weighted by Gasteiger charge is 2.27. The average molecular weight is 422 g/mol. The molecule has 0 radical (unpaired) electrons. The van der Waals surface area contributed by atoms with Crippen molar-refractivity contribution >= 4 is 39.2 Å². The highest BCUT2D eigenvalue weighted by atomic mass is 32.2. The van der Waals surface area contributed by atoms with E-state index in [1.807, 2.05) is 34.6 Å². The summed E-state index contributed by atoms with van der Waals surface area (Å²) in [6, 6.07) is 0.245. The summed E-state index contributed by atoms with van der Waals surface area (Å²) in [6.07, 6.45) is 4.66. The first-order chi connectivity index (χ1) is 13.2. The number of carbonyl (C=O) groups excluding carboxylic acids is 1. The SMILES string of the molecule is Cc1sc2nc(S[C@@H](C)C(=O)N[C@@H]3CCCC[C@@H]3C)n(C(C)C)c(=O)c2c1C. The molecule has 3 rings (SSSR count). The zero-order valence-electron chi connectivity index (χ0n) is 17.7.